The Labute approximate surface area is 130 Å². The van der Waals surface area contributed by atoms with E-state index in [1.54, 1.807) is 6.07 Å². The number of nitrogens with zero attached hydrogens (tertiary/aromatic N) is 1. The highest BCUT2D eigenvalue weighted by Crippen LogP contribution is 2.33. The van der Waals surface area contributed by atoms with Crippen molar-refractivity contribution in [1.29, 1.82) is 0 Å². The van der Waals surface area contributed by atoms with E-state index in [1.807, 2.05) is 39.0 Å². The van der Waals surface area contributed by atoms with E-state index in [0.717, 1.165) is 28.3 Å². The predicted molar refractivity (Wildman–Crippen MR) is 86.2 cm³/mol. The Balaban J connectivity index is 2.34. The fourth-order valence-electron chi connectivity index (χ4n) is 2.22. The van der Waals surface area contributed by atoms with Crippen LogP contribution in [0.3, 0.4) is 0 Å². The number of nitrogens with two attached hydrogens (primary N) is 1. The van der Waals surface area contributed by atoms with Crippen LogP contribution in [0.4, 0.5) is 4.39 Å². The third-order valence-corrected chi connectivity index (χ3v) is 4.42. The van der Waals surface area contributed by atoms with Crippen LogP contribution in [-0.2, 0) is 6.42 Å². The van der Waals surface area contributed by atoms with Crippen LogP contribution in [0.2, 0.25) is 0 Å². The molecule has 0 aliphatic rings. The molecule has 0 bridgehead atoms. The first-order chi connectivity index (χ1) is 9.99. The van der Waals surface area contributed by atoms with Crippen molar-refractivity contribution in [2.75, 3.05) is 0 Å². The topological polar surface area (TPSA) is 38.9 Å². The maximum Gasteiger partial charge on any atom is 0.137 e. The predicted octanol–water partition coefficient (Wildman–Crippen LogP) is 4.27. The Bertz CT molecular complexity index is 608. The maximum absolute atomic E-state index is 14.2. The third kappa shape index (κ3) is 4.29. The molecule has 2 rings (SSSR count). The Morgan fingerprint density at radius 3 is 2.71 bits per heavy atom. The number of aryl methyl sites for hydroxylation is 2. The van der Waals surface area contributed by atoms with Crippen molar-refractivity contribution >= 4 is 11.8 Å². The van der Waals surface area contributed by atoms with Gasteiger partial charge >= 0.3 is 0 Å². The molecule has 2 N–H and O–H groups in total. The molecule has 1 unspecified atom stereocenters. The van der Waals surface area contributed by atoms with Gasteiger partial charge in [-0.05, 0) is 56.0 Å². The molecule has 0 aliphatic carbocycles. The van der Waals surface area contributed by atoms with Gasteiger partial charge < -0.3 is 5.73 Å². The molecule has 1 aromatic heterocycles. The van der Waals surface area contributed by atoms with Crippen molar-refractivity contribution in [1.82, 2.24) is 4.98 Å². The second-order valence-corrected chi connectivity index (χ2v) is 6.36. The van der Waals surface area contributed by atoms with E-state index in [9.17, 15) is 4.39 Å². The van der Waals surface area contributed by atoms with Crippen molar-refractivity contribution < 1.29 is 4.39 Å². The summed E-state index contributed by atoms with van der Waals surface area (Å²) in [5.41, 5.74) is 9.05. The molecule has 112 valence electrons. The lowest BCUT2D eigenvalue weighted by atomic mass is 10.0. The lowest BCUT2D eigenvalue weighted by Crippen LogP contribution is -2.21. The summed E-state index contributed by atoms with van der Waals surface area (Å²) in [6, 6.07) is 9.23. The second-order valence-electron chi connectivity index (χ2n) is 5.33. The Hall–Kier alpha value is -1.39. The molecule has 4 heteroatoms. The summed E-state index contributed by atoms with van der Waals surface area (Å²) in [5, 5.41) is 0.823. The standard InChI is InChI=1S/C17H21FN2S/c1-4-14(19)10-13-6-5-7-15(18)17(13)21-16-9-11(2)8-12(3)20-16/h5-9,14H,4,10,19H2,1-3H3. The van der Waals surface area contributed by atoms with Crippen molar-refractivity contribution in [2.24, 2.45) is 5.73 Å². The number of hydrogen-bond acceptors (Lipinski definition) is 3. The minimum Gasteiger partial charge on any atom is -0.327 e. The second kappa shape index (κ2) is 7.05. The molecular formula is C17H21FN2S. The average molecular weight is 304 g/mol. The molecule has 0 spiro atoms. The van der Waals surface area contributed by atoms with Gasteiger partial charge in [0.25, 0.3) is 0 Å². The van der Waals surface area contributed by atoms with Crippen molar-refractivity contribution in [3.05, 3.63) is 53.0 Å². The molecule has 0 saturated heterocycles. The van der Waals surface area contributed by atoms with Gasteiger partial charge in [0.15, 0.2) is 0 Å². The maximum atomic E-state index is 14.2. The normalized spacial score (nSPS) is 12.4. The quantitative estimate of drug-likeness (QED) is 0.896. The summed E-state index contributed by atoms with van der Waals surface area (Å²) in [5.74, 6) is -0.207. The van der Waals surface area contributed by atoms with E-state index < -0.39 is 0 Å². The molecule has 2 nitrogen and oxygen atoms in total. The molecule has 0 radical (unpaired) electrons. The number of benzene rings is 1. The summed E-state index contributed by atoms with van der Waals surface area (Å²) in [6.45, 7) is 6.02. The number of halogens is 1. The molecule has 1 heterocycles. The molecule has 1 aromatic carbocycles. The number of aromatic nitrogens is 1. The molecular weight excluding hydrogens is 283 g/mol. The van der Waals surface area contributed by atoms with E-state index in [2.05, 4.69) is 4.98 Å². The van der Waals surface area contributed by atoms with Gasteiger partial charge in [0, 0.05) is 11.7 Å². The highest BCUT2D eigenvalue weighted by molar-refractivity contribution is 7.99. The molecule has 0 fully saturated rings. The number of pyridine rings is 1. The fraction of sp³-hybridized carbons (Fsp3) is 0.353. The molecule has 0 aliphatic heterocycles. The van der Waals surface area contributed by atoms with Crippen molar-refractivity contribution in [3.63, 3.8) is 0 Å². The zero-order valence-corrected chi connectivity index (χ0v) is 13.5. The average Bonchev–Trinajstić information content (AvgIpc) is 2.41. The largest absolute Gasteiger partial charge is 0.327 e. The van der Waals surface area contributed by atoms with Gasteiger partial charge in [-0.1, -0.05) is 30.8 Å². The van der Waals surface area contributed by atoms with E-state index in [-0.39, 0.29) is 11.9 Å². The minimum atomic E-state index is -0.207. The first-order valence-corrected chi connectivity index (χ1v) is 7.97. The van der Waals surface area contributed by atoms with Crippen LogP contribution in [0.15, 0.2) is 40.3 Å². The van der Waals surface area contributed by atoms with E-state index in [1.165, 1.54) is 17.8 Å². The van der Waals surface area contributed by atoms with Gasteiger partial charge in [-0.2, -0.15) is 0 Å². The zero-order chi connectivity index (χ0) is 15.4. The highest BCUT2D eigenvalue weighted by Gasteiger charge is 2.13. The smallest absolute Gasteiger partial charge is 0.137 e. The molecule has 2 aromatic rings. The van der Waals surface area contributed by atoms with Crippen LogP contribution < -0.4 is 5.73 Å². The lowest BCUT2D eigenvalue weighted by Gasteiger charge is -2.14. The van der Waals surface area contributed by atoms with Gasteiger partial charge in [-0.3, -0.25) is 0 Å². The first-order valence-electron chi connectivity index (χ1n) is 7.15. The number of rotatable bonds is 5. The van der Waals surface area contributed by atoms with Crippen LogP contribution in [-0.4, -0.2) is 11.0 Å². The molecule has 21 heavy (non-hydrogen) atoms. The summed E-state index contributed by atoms with van der Waals surface area (Å²) in [7, 11) is 0. The monoisotopic (exact) mass is 304 g/mol. The van der Waals surface area contributed by atoms with E-state index in [4.69, 9.17) is 5.73 Å². The van der Waals surface area contributed by atoms with Gasteiger partial charge in [0.2, 0.25) is 0 Å². The van der Waals surface area contributed by atoms with Crippen molar-refractivity contribution in [3.8, 4) is 0 Å². The Morgan fingerprint density at radius 2 is 2.05 bits per heavy atom. The Morgan fingerprint density at radius 1 is 1.29 bits per heavy atom. The van der Waals surface area contributed by atoms with E-state index in [0.29, 0.717) is 11.3 Å². The van der Waals surface area contributed by atoms with Gasteiger partial charge in [0.1, 0.15) is 10.8 Å². The SMILES string of the molecule is CCC(N)Cc1cccc(F)c1Sc1cc(C)cc(C)n1. The lowest BCUT2D eigenvalue weighted by molar-refractivity contribution is 0.585. The summed E-state index contributed by atoms with van der Waals surface area (Å²) in [6.07, 6.45) is 1.56. The number of hydrogen-bond donors (Lipinski definition) is 1. The van der Waals surface area contributed by atoms with Gasteiger partial charge in [-0.25, -0.2) is 9.37 Å². The summed E-state index contributed by atoms with van der Waals surface area (Å²) in [4.78, 5) is 5.11. The zero-order valence-electron chi connectivity index (χ0n) is 12.7. The minimum absolute atomic E-state index is 0.0540. The summed E-state index contributed by atoms with van der Waals surface area (Å²) >= 11 is 1.38. The highest BCUT2D eigenvalue weighted by atomic mass is 32.2. The van der Waals surface area contributed by atoms with Crippen LogP contribution >= 0.6 is 11.8 Å². The molecule has 0 saturated carbocycles. The van der Waals surface area contributed by atoms with Crippen LogP contribution in [0.5, 0.6) is 0 Å². The summed E-state index contributed by atoms with van der Waals surface area (Å²) < 4.78 is 14.2. The Kier molecular flexibility index (Phi) is 5.37. The van der Waals surface area contributed by atoms with Crippen LogP contribution in [0, 0.1) is 19.7 Å². The first kappa shape index (κ1) is 16.0. The fourth-order valence-corrected chi connectivity index (χ4v) is 3.31. The molecule has 0 amide bonds. The van der Waals surface area contributed by atoms with E-state index >= 15 is 0 Å². The van der Waals surface area contributed by atoms with Crippen LogP contribution in [0.1, 0.15) is 30.2 Å². The van der Waals surface area contributed by atoms with Gasteiger partial charge in [0.05, 0.1) is 4.90 Å². The molecule has 1 atom stereocenters. The van der Waals surface area contributed by atoms with Crippen molar-refractivity contribution in [2.45, 2.75) is 49.6 Å². The van der Waals surface area contributed by atoms with Crippen LogP contribution in [0.25, 0.3) is 0 Å². The third-order valence-electron chi connectivity index (χ3n) is 3.34. The van der Waals surface area contributed by atoms with Gasteiger partial charge in [-0.15, -0.1) is 0 Å².